The van der Waals surface area contributed by atoms with E-state index in [9.17, 15) is 5.11 Å². The lowest BCUT2D eigenvalue weighted by molar-refractivity contribution is 0.465. The van der Waals surface area contributed by atoms with Gasteiger partial charge in [0.05, 0.1) is 12.0 Å². The number of phenols is 1. The fraction of sp³-hybridized carbons (Fsp3) is 0.364. The highest BCUT2D eigenvalue weighted by molar-refractivity contribution is 6.31. The first-order valence-corrected chi connectivity index (χ1v) is 4.86. The van der Waals surface area contributed by atoms with Gasteiger partial charge in [-0.2, -0.15) is 5.26 Å². The van der Waals surface area contributed by atoms with Crippen molar-refractivity contribution in [1.82, 2.24) is 0 Å². The van der Waals surface area contributed by atoms with Gasteiger partial charge < -0.3 is 5.11 Å². The quantitative estimate of drug-likeness (QED) is 0.812. The normalized spacial score (nSPS) is 12.1. The van der Waals surface area contributed by atoms with Gasteiger partial charge in [-0.25, -0.2) is 0 Å². The molecule has 3 heteroatoms. The summed E-state index contributed by atoms with van der Waals surface area (Å²) in [5.74, 6) is -0.153. The van der Waals surface area contributed by atoms with Gasteiger partial charge in [0.2, 0.25) is 0 Å². The van der Waals surface area contributed by atoms with Crippen LogP contribution in [-0.2, 0) is 0 Å². The van der Waals surface area contributed by atoms with E-state index in [0.717, 1.165) is 5.56 Å². The summed E-state index contributed by atoms with van der Waals surface area (Å²) in [6, 6.07) is 5.42. The van der Waals surface area contributed by atoms with E-state index < -0.39 is 0 Å². The largest absolute Gasteiger partial charge is 0.508 e. The molecule has 0 saturated heterocycles. The maximum Gasteiger partial charge on any atom is 0.121 e. The van der Waals surface area contributed by atoms with Crippen LogP contribution in [0.1, 0.15) is 30.4 Å². The second kappa shape index (κ2) is 4.34. The molecule has 0 radical (unpaired) electrons. The Hall–Kier alpha value is -1.20. The van der Waals surface area contributed by atoms with E-state index >= 15 is 0 Å². The molecule has 14 heavy (non-hydrogen) atoms. The fourth-order valence-electron chi connectivity index (χ4n) is 1.35. The van der Waals surface area contributed by atoms with Crippen molar-refractivity contribution in [2.75, 3.05) is 0 Å². The summed E-state index contributed by atoms with van der Waals surface area (Å²) in [7, 11) is 0. The van der Waals surface area contributed by atoms with E-state index in [0.29, 0.717) is 17.0 Å². The highest BCUT2D eigenvalue weighted by Gasteiger charge is 2.14. The maximum atomic E-state index is 9.61. The Morgan fingerprint density at radius 2 is 2.21 bits per heavy atom. The van der Waals surface area contributed by atoms with E-state index in [1.165, 1.54) is 6.07 Å². The van der Waals surface area contributed by atoms with Crippen molar-refractivity contribution >= 4 is 11.6 Å². The summed E-state index contributed by atoms with van der Waals surface area (Å²) in [4.78, 5) is 0. The Morgan fingerprint density at radius 1 is 1.57 bits per heavy atom. The first kappa shape index (κ1) is 10.9. The molecule has 0 aliphatic heterocycles. The summed E-state index contributed by atoms with van der Waals surface area (Å²) in [6.45, 7) is 3.77. The van der Waals surface area contributed by atoms with Crippen molar-refractivity contribution in [3.63, 3.8) is 0 Å². The molecule has 1 N–H and O–H groups in total. The predicted molar refractivity (Wildman–Crippen MR) is 56.5 cm³/mol. The molecule has 0 aromatic heterocycles. The van der Waals surface area contributed by atoms with E-state index in [-0.39, 0.29) is 11.7 Å². The van der Waals surface area contributed by atoms with E-state index in [1.807, 2.05) is 13.8 Å². The third-order valence-corrected chi connectivity index (χ3v) is 2.65. The number of nitriles is 1. The Balaban J connectivity index is 3.22. The first-order chi connectivity index (χ1) is 6.60. The number of benzene rings is 1. The van der Waals surface area contributed by atoms with Crippen LogP contribution in [0.4, 0.5) is 0 Å². The number of phenolic OH excluding ortho intramolecular Hbond substituents is 1. The van der Waals surface area contributed by atoms with Crippen LogP contribution in [0.5, 0.6) is 5.75 Å². The molecule has 2 nitrogen and oxygen atoms in total. The third-order valence-electron chi connectivity index (χ3n) is 2.25. The van der Waals surface area contributed by atoms with Gasteiger partial charge in [-0.15, -0.1) is 0 Å². The summed E-state index contributed by atoms with van der Waals surface area (Å²) < 4.78 is 0. The number of nitrogens with zero attached hydrogens (tertiary/aromatic N) is 1. The Morgan fingerprint density at radius 3 is 2.71 bits per heavy atom. The highest BCUT2D eigenvalue weighted by Crippen LogP contribution is 2.32. The van der Waals surface area contributed by atoms with E-state index in [2.05, 4.69) is 6.07 Å². The van der Waals surface area contributed by atoms with Crippen LogP contribution in [0.15, 0.2) is 12.1 Å². The molecule has 1 atom stereocenters. The van der Waals surface area contributed by atoms with Gasteiger partial charge in [-0.3, -0.25) is 0 Å². The molecular formula is C11H12ClNO. The molecule has 0 aliphatic carbocycles. The van der Waals surface area contributed by atoms with Gasteiger partial charge in [0.1, 0.15) is 5.75 Å². The molecule has 0 bridgehead atoms. The average molecular weight is 210 g/mol. The third kappa shape index (κ3) is 2.00. The lowest BCUT2D eigenvalue weighted by Crippen LogP contribution is -1.95. The van der Waals surface area contributed by atoms with Gasteiger partial charge in [0.15, 0.2) is 0 Å². The van der Waals surface area contributed by atoms with Crippen LogP contribution >= 0.6 is 11.6 Å². The molecule has 0 amide bonds. The smallest absolute Gasteiger partial charge is 0.121 e. The van der Waals surface area contributed by atoms with Crippen molar-refractivity contribution in [3.05, 3.63) is 28.3 Å². The minimum Gasteiger partial charge on any atom is -0.508 e. The van der Waals surface area contributed by atoms with Crippen molar-refractivity contribution in [2.45, 2.75) is 26.2 Å². The van der Waals surface area contributed by atoms with Crippen molar-refractivity contribution in [1.29, 1.82) is 5.26 Å². The lowest BCUT2D eigenvalue weighted by atomic mass is 9.95. The topological polar surface area (TPSA) is 44.0 Å². The molecule has 1 aromatic rings. The second-order valence-corrected chi connectivity index (χ2v) is 3.66. The molecule has 1 rings (SSSR count). The summed E-state index contributed by atoms with van der Waals surface area (Å²) >= 11 is 5.83. The van der Waals surface area contributed by atoms with Crippen molar-refractivity contribution in [2.24, 2.45) is 0 Å². The molecule has 0 aliphatic rings. The zero-order chi connectivity index (χ0) is 10.7. The molecule has 0 saturated carbocycles. The van der Waals surface area contributed by atoms with Crippen molar-refractivity contribution < 1.29 is 5.11 Å². The Kier molecular flexibility index (Phi) is 3.38. The molecule has 0 heterocycles. The summed E-state index contributed by atoms with van der Waals surface area (Å²) in [6.07, 6.45) is 0.686. The molecule has 1 aromatic carbocycles. The second-order valence-electron chi connectivity index (χ2n) is 3.25. The van der Waals surface area contributed by atoms with Crippen LogP contribution < -0.4 is 0 Å². The first-order valence-electron chi connectivity index (χ1n) is 4.48. The highest BCUT2D eigenvalue weighted by atomic mass is 35.5. The lowest BCUT2D eigenvalue weighted by Gasteiger charge is -2.10. The predicted octanol–water partition coefficient (Wildman–Crippen LogP) is 3.37. The average Bonchev–Trinajstić information content (AvgIpc) is 2.15. The zero-order valence-electron chi connectivity index (χ0n) is 8.21. The number of hydrogen-bond donors (Lipinski definition) is 1. The zero-order valence-corrected chi connectivity index (χ0v) is 8.97. The van der Waals surface area contributed by atoms with Crippen LogP contribution in [0.3, 0.4) is 0 Å². The monoisotopic (exact) mass is 209 g/mol. The molecule has 1 unspecified atom stereocenters. The van der Waals surface area contributed by atoms with E-state index in [1.54, 1.807) is 6.07 Å². The number of hydrogen-bond acceptors (Lipinski definition) is 2. The Labute approximate surface area is 88.7 Å². The molecule has 0 fully saturated rings. The molecule has 0 spiro atoms. The number of aryl methyl sites for hydroxylation is 1. The SMILES string of the molecule is CCC(C#N)c1cc(C)c(Cl)cc1O. The van der Waals surface area contributed by atoms with Crippen LogP contribution in [0.25, 0.3) is 0 Å². The van der Waals surface area contributed by atoms with Gasteiger partial charge in [0, 0.05) is 10.6 Å². The standard InChI is InChI=1S/C11H12ClNO/c1-3-8(6-13)9-4-7(2)10(12)5-11(9)14/h4-5,8,14H,3H2,1-2H3. The van der Waals surface area contributed by atoms with Gasteiger partial charge in [0.25, 0.3) is 0 Å². The van der Waals surface area contributed by atoms with Gasteiger partial charge >= 0.3 is 0 Å². The van der Waals surface area contributed by atoms with Crippen LogP contribution in [0, 0.1) is 18.3 Å². The summed E-state index contributed by atoms with van der Waals surface area (Å²) in [5.41, 5.74) is 1.55. The van der Waals surface area contributed by atoms with Crippen LogP contribution in [0.2, 0.25) is 5.02 Å². The minimum atomic E-state index is -0.258. The van der Waals surface area contributed by atoms with Crippen LogP contribution in [-0.4, -0.2) is 5.11 Å². The van der Waals surface area contributed by atoms with Gasteiger partial charge in [-0.1, -0.05) is 18.5 Å². The number of rotatable bonds is 2. The Bertz CT molecular complexity index is 382. The maximum absolute atomic E-state index is 9.61. The van der Waals surface area contributed by atoms with Crippen molar-refractivity contribution in [3.8, 4) is 11.8 Å². The number of halogens is 1. The number of aromatic hydroxyl groups is 1. The molecular weight excluding hydrogens is 198 g/mol. The fourth-order valence-corrected chi connectivity index (χ4v) is 1.51. The summed E-state index contributed by atoms with van der Waals surface area (Å²) in [5, 5.41) is 19.0. The van der Waals surface area contributed by atoms with E-state index in [4.69, 9.17) is 16.9 Å². The minimum absolute atomic E-state index is 0.106. The molecule has 74 valence electrons. The van der Waals surface area contributed by atoms with Gasteiger partial charge in [-0.05, 0) is 31.0 Å².